The lowest BCUT2D eigenvalue weighted by atomic mass is 9.95. The number of aliphatic hydroxyl groups excluding tert-OH is 1. The van der Waals surface area contributed by atoms with Crippen LogP contribution in [0.2, 0.25) is 0 Å². The highest BCUT2D eigenvalue weighted by atomic mass is 16.3. The molecule has 5 amide bonds. The van der Waals surface area contributed by atoms with Gasteiger partial charge in [-0.15, -0.1) is 0 Å². The Kier molecular flexibility index (Phi) is 11.7. The number of hydrogen-bond acceptors (Lipinski definition) is 8. The Bertz CT molecular complexity index is 1260. The maximum absolute atomic E-state index is 13.5. The predicted octanol–water partition coefficient (Wildman–Crippen LogP) is -1.41. The van der Waals surface area contributed by atoms with Crippen molar-refractivity contribution in [2.75, 3.05) is 6.61 Å². The Labute approximate surface area is 231 Å². The summed E-state index contributed by atoms with van der Waals surface area (Å²) in [6, 6.07) is 6.84. The lowest BCUT2D eigenvalue weighted by molar-refractivity contribution is -0.134. The van der Waals surface area contributed by atoms with Gasteiger partial charge < -0.3 is 38.3 Å². The van der Waals surface area contributed by atoms with Crippen LogP contribution < -0.4 is 33.2 Å². The molecule has 0 aliphatic heterocycles. The molecule has 0 saturated heterocycles. The van der Waals surface area contributed by atoms with Gasteiger partial charge in [-0.2, -0.15) is 0 Å². The van der Waals surface area contributed by atoms with E-state index in [1.807, 2.05) is 0 Å². The molecule has 0 fully saturated rings. The minimum absolute atomic E-state index is 0.243. The summed E-state index contributed by atoms with van der Waals surface area (Å²) in [6.07, 6.45) is -1.12. The van der Waals surface area contributed by atoms with Crippen LogP contribution in [-0.2, 0) is 24.0 Å². The summed E-state index contributed by atoms with van der Waals surface area (Å²) in [5.74, 6) is -5.00. The van der Waals surface area contributed by atoms with Crippen LogP contribution in [0.25, 0.3) is 10.8 Å². The second-order valence-electron chi connectivity index (χ2n) is 9.70. The van der Waals surface area contributed by atoms with Gasteiger partial charge in [0.1, 0.15) is 18.1 Å². The van der Waals surface area contributed by atoms with E-state index < -0.39 is 72.5 Å². The minimum atomic E-state index is -1.46. The van der Waals surface area contributed by atoms with Crippen LogP contribution in [-0.4, -0.2) is 71.2 Å². The molecule has 0 unspecified atom stereocenters. The van der Waals surface area contributed by atoms with E-state index in [0.717, 1.165) is 5.39 Å². The number of benzene rings is 2. The Morgan fingerprint density at radius 2 is 1.35 bits per heavy atom. The molecule has 0 aliphatic rings. The summed E-state index contributed by atoms with van der Waals surface area (Å²) in [4.78, 5) is 75.1. The van der Waals surface area contributed by atoms with Crippen LogP contribution in [0.4, 0.5) is 0 Å². The number of rotatable bonds is 15. The number of fused-ring (bicyclic) bond motifs is 1. The summed E-state index contributed by atoms with van der Waals surface area (Å²) in [7, 11) is 0. The van der Waals surface area contributed by atoms with E-state index in [1.165, 1.54) is 0 Å². The van der Waals surface area contributed by atoms with Crippen LogP contribution in [0, 0.1) is 5.92 Å². The molecule has 10 N–H and O–H groups in total. The van der Waals surface area contributed by atoms with Gasteiger partial charge in [0.15, 0.2) is 5.78 Å². The van der Waals surface area contributed by atoms with Crippen molar-refractivity contribution in [1.82, 2.24) is 16.0 Å². The van der Waals surface area contributed by atoms with Gasteiger partial charge in [0.25, 0.3) is 0 Å². The fourth-order valence-corrected chi connectivity index (χ4v) is 3.90. The molecule has 0 spiro atoms. The molecule has 13 nitrogen and oxygen atoms in total. The summed E-state index contributed by atoms with van der Waals surface area (Å²) in [5, 5.41) is 18.2. The summed E-state index contributed by atoms with van der Waals surface area (Å²) >= 11 is 0. The number of ketones is 1. The number of aliphatic hydroxyl groups is 1. The van der Waals surface area contributed by atoms with Crippen molar-refractivity contribution in [3.05, 3.63) is 48.0 Å². The number of primary amides is 2. The largest absolute Gasteiger partial charge is 0.394 e. The molecule has 4 atom stereocenters. The molecule has 40 heavy (non-hydrogen) atoms. The van der Waals surface area contributed by atoms with Crippen molar-refractivity contribution in [3.63, 3.8) is 0 Å². The number of nitrogens with two attached hydrogens (primary N) is 3. The number of Topliss-reactive ketones (excluding diaryl/α,β-unsaturated/α-hetero) is 1. The first-order chi connectivity index (χ1) is 18.8. The molecule has 0 saturated carbocycles. The lowest BCUT2D eigenvalue weighted by Crippen LogP contribution is -2.58. The van der Waals surface area contributed by atoms with E-state index in [4.69, 9.17) is 17.2 Å². The third kappa shape index (κ3) is 8.85. The smallest absolute Gasteiger partial charge is 0.245 e. The highest BCUT2D eigenvalue weighted by Crippen LogP contribution is 2.20. The fraction of sp³-hybridized carbons (Fsp3) is 0.407. The number of amides is 5. The normalized spacial score (nSPS) is 14.0. The third-order valence-electron chi connectivity index (χ3n) is 6.24. The summed E-state index contributed by atoms with van der Waals surface area (Å²) in [5.41, 5.74) is 16.6. The van der Waals surface area contributed by atoms with Gasteiger partial charge in [-0.25, -0.2) is 0 Å². The van der Waals surface area contributed by atoms with Crippen LogP contribution in [0.5, 0.6) is 0 Å². The Morgan fingerprint density at radius 1 is 0.775 bits per heavy atom. The van der Waals surface area contributed by atoms with E-state index >= 15 is 0 Å². The topological polar surface area (TPSA) is 237 Å². The van der Waals surface area contributed by atoms with E-state index in [2.05, 4.69) is 16.0 Å². The standard InChI is InChI=1S/C27H36N6O7/c1-14(2)23(30)27(40)33-20(13-34)26(39)31-18(10-11-21(28)35)25(38)32-19(12-22(29)36)24(37)17-9-5-7-15-6-3-4-8-16(15)17/h3-9,14,18-20,23,34H,10-13,30H2,1-2H3,(H2,28,35)(H2,29,36)(H,31,39)(H,32,38)(H,33,40)/t18-,19-,20-,23-/m0/s1. The van der Waals surface area contributed by atoms with E-state index in [-0.39, 0.29) is 24.3 Å². The van der Waals surface area contributed by atoms with Gasteiger partial charge in [0.05, 0.1) is 19.1 Å². The zero-order chi connectivity index (χ0) is 30.0. The molecule has 2 rings (SSSR count). The van der Waals surface area contributed by atoms with Crippen LogP contribution in [0.1, 0.15) is 43.5 Å². The van der Waals surface area contributed by atoms with Gasteiger partial charge in [-0.3, -0.25) is 28.8 Å². The zero-order valence-corrected chi connectivity index (χ0v) is 22.4. The van der Waals surface area contributed by atoms with Crippen molar-refractivity contribution >= 4 is 46.1 Å². The third-order valence-corrected chi connectivity index (χ3v) is 6.24. The summed E-state index contributed by atoms with van der Waals surface area (Å²) < 4.78 is 0. The van der Waals surface area contributed by atoms with Gasteiger partial charge >= 0.3 is 0 Å². The fourth-order valence-electron chi connectivity index (χ4n) is 3.90. The average molecular weight is 557 g/mol. The van der Waals surface area contributed by atoms with Crippen molar-refractivity contribution < 1.29 is 33.9 Å². The minimum Gasteiger partial charge on any atom is -0.394 e. The molecular weight excluding hydrogens is 520 g/mol. The quantitative estimate of drug-likeness (QED) is 0.128. The highest BCUT2D eigenvalue weighted by molar-refractivity contribution is 6.12. The molecule has 0 heterocycles. The van der Waals surface area contributed by atoms with E-state index in [9.17, 15) is 33.9 Å². The summed E-state index contributed by atoms with van der Waals surface area (Å²) in [6.45, 7) is 2.59. The van der Waals surface area contributed by atoms with Gasteiger partial charge in [0, 0.05) is 12.0 Å². The maximum atomic E-state index is 13.5. The van der Waals surface area contributed by atoms with Gasteiger partial charge in [0.2, 0.25) is 29.5 Å². The second kappa shape index (κ2) is 14.7. The number of nitrogens with one attached hydrogen (secondary N) is 3. The number of carbonyl (C=O) groups excluding carboxylic acids is 6. The van der Waals surface area contributed by atoms with E-state index in [0.29, 0.717) is 5.39 Å². The molecule has 216 valence electrons. The zero-order valence-electron chi connectivity index (χ0n) is 22.4. The SMILES string of the molecule is CC(C)[C@H](N)C(=O)N[C@@H](CO)C(=O)N[C@@H](CCC(N)=O)C(=O)N[C@@H](CC(N)=O)C(=O)c1cccc2ccccc12. The maximum Gasteiger partial charge on any atom is 0.245 e. The first kappa shape index (κ1) is 31.9. The van der Waals surface area contributed by atoms with Crippen molar-refractivity contribution in [1.29, 1.82) is 0 Å². The van der Waals surface area contributed by atoms with Crippen molar-refractivity contribution in [2.45, 2.75) is 57.3 Å². The van der Waals surface area contributed by atoms with E-state index in [1.54, 1.807) is 56.3 Å². The Hall–Kier alpha value is -4.36. The predicted molar refractivity (Wildman–Crippen MR) is 146 cm³/mol. The molecule has 0 aromatic heterocycles. The molecule has 13 heteroatoms. The molecule has 0 bridgehead atoms. The Balaban J connectivity index is 2.29. The molecule has 0 radical (unpaired) electrons. The van der Waals surface area contributed by atoms with Crippen LogP contribution in [0.15, 0.2) is 42.5 Å². The molecular formula is C27H36N6O7. The molecule has 0 aliphatic carbocycles. The monoisotopic (exact) mass is 556 g/mol. The first-order valence-corrected chi connectivity index (χ1v) is 12.7. The van der Waals surface area contributed by atoms with Gasteiger partial charge in [-0.05, 0) is 23.1 Å². The van der Waals surface area contributed by atoms with Crippen molar-refractivity contribution in [2.24, 2.45) is 23.1 Å². The average Bonchev–Trinajstić information content (AvgIpc) is 2.91. The molecule has 2 aromatic carbocycles. The number of hydrogen-bond donors (Lipinski definition) is 7. The Morgan fingerprint density at radius 3 is 1.95 bits per heavy atom. The lowest BCUT2D eigenvalue weighted by Gasteiger charge is -2.25. The number of carbonyl (C=O) groups is 6. The first-order valence-electron chi connectivity index (χ1n) is 12.7. The van der Waals surface area contributed by atoms with Gasteiger partial charge in [-0.1, -0.05) is 56.3 Å². The van der Waals surface area contributed by atoms with Crippen LogP contribution in [0.3, 0.4) is 0 Å². The van der Waals surface area contributed by atoms with Crippen LogP contribution >= 0.6 is 0 Å². The highest BCUT2D eigenvalue weighted by Gasteiger charge is 2.32. The molecule has 2 aromatic rings. The second-order valence-corrected chi connectivity index (χ2v) is 9.70. The van der Waals surface area contributed by atoms with Crippen molar-refractivity contribution in [3.8, 4) is 0 Å².